The highest BCUT2D eigenvalue weighted by molar-refractivity contribution is 7.15. The fourth-order valence-corrected chi connectivity index (χ4v) is 3.17. The SMILES string of the molecule is CCCC(CC)n1cc(-c2ccc(CC)s2)cn1. The van der Waals surface area contributed by atoms with Gasteiger partial charge in [-0.25, -0.2) is 0 Å². The van der Waals surface area contributed by atoms with Crippen molar-refractivity contribution >= 4 is 11.3 Å². The fourth-order valence-electron chi connectivity index (χ4n) is 2.24. The van der Waals surface area contributed by atoms with E-state index in [1.807, 2.05) is 17.5 Å². The van der Waals surface area contributed by atoms with Gasteiger partial charge in [-0.15, -0.1) is 11.3 Å². The summed E-state index contributed by atoms with van der Waals surface area (Å²) in [4.78, 5) is 2.78. The van der Waals surface area contributed by atoms with Crippen LogP contribution in [0.25, 0.3) is 10.4 Å². The second kappa shape index (κ2) is 6.19. The van der Waals surface area contributed by atoms with Gasteiger partial charge in [0.2, 0.25) is 0 Å². The van der Waals surface area contributed by atoms with Crippen molar-refractivity contribution in [3.8, 4) is 10.4 Å². The summed E-state index contributed by atoms with van der Waals surface area (Å²) in [5, 5.41) is 4.54. The lowest BCUT2D eigenvalue weighted by Crippen LogP contribution is -2.07. The second-order valence-corrected chi connectivity index (χ2v) is 5.85. The van der Waals surface area contributed by atoms with E-state index in [0.29, 0.717) is 6.04 Å². The van der Waals surface area contributed by atoms with Crippen LogP contribution < -0.4 is 0 Å². The molecule has 0 aromatic carbocycles. The molecule has 0 bridgehead atoms. The number of hydrogen-bond donors (Lipinski definition) is 0. The Bertz CT molecular complexity index is 484. The van der Waals surface area contributed by atoms with Gasteiger partial charge in [-0.05, 0) is 31.4 Å². The van der Waals surface area contributed by atoms with Crippen LogP contribution in [-0.4, -0.2) is 9.78 Å². The molecule has 0 saturated carbocycles. The second-order valence-electron chi connectivity index (χ2n) is 4.68. The summed E-state index contributed by atoms with van der Waals surface area (Å²) >= 11 is 1.88. The predicted octanol–water partition coefficient (Wildman–Crippen LogP) is 4.93. The molecule has 0 amide bonds. The molecule has 0 aliphatic carbocycles. The molecule has 0 saturated heterocycles. The Hall–Kier alpha value is -1.09. The first-order chi connectivity index (χ1) is 8.78. The lowest BCUT2D eigenvalue weighted by Gasteiger charge is -2.13. The molecule has 0 aliphatic heterocycles. The van der Waals surface area contributed by atoms with Crippen LogP contribution in [0.3, 0.4) is 0 Å². The topological polar surface area (TPSA) is 17.8 Å². The molecule has 1 unspecified atom stereocenters. The Labute approximate surface area is 114 Å². The quantitative estimate of drug-likeness (QED) is 0.722. The summed E-state index contributed by atoms with van der Waals surface area (Å²) in [6.07, 6.45) is 8.90. The highest BCUT2D eigenvalue weighted by atomic mass is 32.1. The van der Waals surface area contributed by atoms with E-state index in [2.05, 4.69) is 48.9 Å². The van der Waals surface area contributed by atoms with Crippen LogP contribution in [0.4, 0.5) is 0 Å². The molecule has 0 radical (unpaired) electrons. The molecule has 2 heterocycles. The van der Waals surface area contributed by atoms with Crippen LogP contribution >= 0.6 is 11.3 Å². The van der Waals surface area contributed by atoms with Gasteiger partial charge >= 0.3 is 0 Å². The molecular formula is C15H22N2S. The van der Waals surface area contributed by atoms with Crippen LogP contribution in [0, 0.1) is 0 Å². The molecule has 0 fully saturated rings. The van der Waals surface area contributed by atoms with Gasteiger partial charge in [-0.1, -0.05) is 27.2 Å². The molecule has 1 atom stereocenters. The van der Waals surface area contributed by atoms with E-state index in [0.717, 1.165) is 12.8 Å². The van der Waals surface area contributed by atoms with E-state index in [1.54, 1.807) is 0 Å². The molecule has 98 valence electrons. The maximum Gasteiger partial charge on any atom is 0.0576 e. The Kier molecular flexibility index (Phi) is 4.59. The average Bonchev–Trinajstić information content (AvgIpc) is 3.03. The number of thiophene rings is 1. The molecular weight excluding hydrogens is 240 g/mol. The van der Waals surface area contributed by atoms with Crippen LogP contribution in [0.1, 0.15) is 51.0 Å². The minimum atomic E-state index is 0.550. The Morgan fingerprint density at radius 2 is 2.11 bits per heavy atom. The molecule has 0 spiro atoms. The van der Waals surface area contributed by atoms with Crippen LogP contribution in [0.5, 0.6) is 0 Å². The fraction of sp³-hybridized carbons (Fsp3) is 0.533. The van der Waals surface area contributed by atoms with Gasteiger partial charge < -0.3 is 0 Å². The summed E-state index contributed by atoms with van der Waals surface area (Å²) < 4.78 is 2.14. The molecule has 2 rings (SSSR count). The minimum Gasteiger partial charge on any atom is -0.269 e. The maximum absolute atomic E-state index is 4.54. The lowest BCUT2D eigenvalue weighted by molar-refractivity contribution is 0.409. The van der Waals surface area contributed by atoms with Crippen molar-refractivity contribution in [3.63, 3.8) is 0 Å². The predicted molar refractivity (Wildman–Crippen MR) is 79.2 cm³/mol. The lowest BCUT2D eigenvalue weighted by atomic mass is 10.1. The van der Waals surface area contributed by atoms with Crippen LogP contribution in [-0.2, 0) is 6.42 Å². The molecule has 3 heteroatoms. The minimum absolute atomic E-state index is 0.550. The third-order valence-corrected chi connectivity index (χ3v) is 4.64. The summed E-state index contributed by atoms with van der Waals surface area (Å²) in [6, 6.07) is 4.99. The summed E-state index contributed by atoms with van der Waals surface area (Å²) in [5.74, 6) is 0. The van der Waals surface area contributed by atoms with Gasteiger partial charge in [0.1, 0.15) is 0 Å². The molecule has 18 heavy (non-hydrogen) atoms. The Morgan fingerprint density at radius 3 is 2.72 bits per heavy atom. The largest absolute Gasteiger partial charge is 0.269 e. The van der Waals surface area contributed by atoms with E-state index in [9.17, 15) is 0 Å². The molecule has 2 aromatic heterocycles. The third-order valence-electron chi connectivity index (χ3n) is 3.36. The summed E-state index contributed by atoms with van der Waals surface area (Å²) in [7, 11) is 0. The average molecular weight is 262 g/mol. The standard InChI is InChI=1S/C15H22N2S/c1-4-7-13(5-2)17-11-12(10-16-17)15-9-8-14(6-3)18-15/h8-11,13H,4-7H2,1-3H3. The summed E-state index contributed by atoms with van der Waals surface area (Å²) in [6.45, 7) is 6.68. The van der Waals surface area contributed by atoms with Crippen molar-refractivity contribution in [1.82, 2.24) is 9.78 Å². The van der Waals surface area contributed by atoms with Crippen molar-refractivity contribution in [2.75, 3.05) is 0 Å². The molecule has 2 aromatic rings. The van der Waals surface area contributed by atoms with E-state index in [-0.39, 0.29) is 0 Å². The normalized spacial score (nSPS) is 12.8. The molecule has 2 nitrogen and oxygen atoms in total. The zero-order chi connectivity index (χ0) is 13.0. The van der Waals surface area contributed by atoms with Gasteiger partial charge in [-0.3, -0.25) is 4.68 Å². The number of hydrogen-bond acceptors (Lipinski definition) is 2. The highest BCUT2D eigenvalue weighted by Crippen LogP contribution is 2.29. The zero-order valence-electron chi connectivity index (χ0n) is 11.5. The third kappa shape index (κ3) is 2.83. The van der Waals surface area contributed by atoms with Gasteiger partial charge in [0.25, 0.3) is 0 Å². The van der Waals surface area contributed by atoms with E-state index in [4.69, 9.17) is 0 Å². The van der Waals surface area contributed by atoms with Crippen molar-refractivity contribution in [2.45, 2.75) is 52.5 Å². The summed E-state index contributed by atoms with van der Waals surface area (Å²) in [5.41, 5.74) is 1.26. The van der Waals surface area contributed by atoms with Gasteiger partial charge in [-0.2, -0.15) is 5.10 Å². The Balaban J connectivity index is 2.18. The van der Waals surface area contributed by atoms with Crippen LogP contribution in [0.2, 0.25) is 0 Å². The number of rotatable bonds is 6. The van der Waals surface area contributed by atoms with Gasteiger partial charge in [0.15, 0.2) is 0 Å². The van der Waals surface area contributed by atoms with Gasteiger partial charge in [0, 0.05) is 21.5 Å². The van der Waals surface area contributed by atoms with Crippen molar-refractivity contribution in [2.24, 2.45) is 0 Å². The van der Waals surface area contributed by atoms with Crippen molar-refractivity contribution in [3.05, 3.63) is 29.4 Å². The first-order valence-corrected chi connectivity index (χ1v) is 7.73. The first kappa shape index (κ1) is 13.3. The van der Waals surface area contributed by atoms with E-state index in [1.165, 1.54) is 28.2 Å². The van der Waals surface area contributed by atoms with E-state index < -0.39 is 0 Å². The van der Waals surface area contributed by atoms with Gasteiger partial charge in [0.05, 0.1) is 12.2 Å². The molecule has 0 aliphatic rings. The van der Waals surface area contributed by atoms with E-state index >= 15 is 0 Å². The maximum atomic E-state index is 4.54. The zero-order valence-corrected chi connectivity index (χ0v) is 12.3. The molecule has 0 N–H and O–H groups in total. The van der Waals surface area contributed by atoms with Crippen molar-refractivity contribution < 1.29 is 0 Å². The number of nitrogens with zero attached hydrogens (tertiary/aromatic N) is 2. The number of aryl methyl sites for hydroxylation is 1. The number of aromatic nitrogens is 2. The highest BCUT2D eigenvalue weighted by Gasteiger charge is 2.11. The Morgan fingerprint density at radius 1 is 1.28 bits per heavy atom. The van der Waals surface area contributed by atoms with Crippen molar-refractivity contribution in [1.29, 1.82) is 0 Å². The first-order valence-electron chi connectivity index (χ1n) is 6.91. The smallest absolute Gasteiger partial charge is 0.0576 e. The van der Waals surface area contributed by atoms with Crippen LogP contribution in [0.15, 0.2) is 24.5 Å². The monoisotopic (exact) mass is 262 g/mol.